The van der Waals surface area contributed by atoms with Gasteiger partial charge in [0, 0.05) is 32.8 Å². The number of carbonyl (C=O) groups excluding carboxylic acids is 1. The topological polar surface area (TPSA) is 56.6 Å². The molecule has 0 radical (unpaired) electrons. The van der Waals surface area contributed by atoms with Gasteiger partial charge in [-0.1, -0.05) is 18.2 Å². The minimum atomic E-state index is 0.194. The van der Waals surface area contributed by atoms with E-state index in [2.05, 4.69) is 11.0 Å². The van der Waals surface area contributed by atoms with Crippen molar-refractivity contribution in [3.8, 4) is 6.07 Å². The van der Waals surface area contributed by atoms with Crippen molar-refractivity contribution in [1.82, 2.24) is 9.80 Å². The quantitative estimate of drug-likeness (QED) is 0.803. The number of benzene rings is 1. The molecule has 1 aromatic rings. The summed E-state index contributed by atoms with van der Waals surface area (Å²) in [4.78, 5) is 16.7. The lowest BCUT2D eigenvalue weighted by Gasteiger charge is -2.27. The van der Waals surface area contributed by atoms with Crippen molar-refractivity contribution in [3.05, 3.63) is 35.4 Å². The molecule has 0 N–H and O–H groups in total. The fourth-order valence-electron chi connectivity index (χ4n) is 3.53. The van der Waals surface area contributed by atoms with Crippen LogP contribution in [-0.2, 0) is 16.1 Å². The van der Waals surface area contributed by atoms with Crippen LogP contribution in [0, 0.1) is 11.3 Å². The minimum absolute atomic E-state index is 0.194. The van der Waals surface area contributed by atoms with Gasteiger partial charge in [0.25, 0.3) is 0 Å². The number of amides is 1. The summed E-state index contributed by atoms with van der Waals surface area (Å²) in [5, 5.41) is 9.30. The van der Waals surface area contributed by atoms with Crippen LogP contribution >= 0.6 is 0 Å². The molecule has 1 amide bonds. The van der Waals surface area contributed by atoms with Crippen LogP contribution in [0.15, 0.2) is 24.3 Å². The molecule has 0 aliphatic carbocycles. The molecule has 0 unspecified atom stereocenters. The number of nitriles is 1. The Morgan fingerprint density at radius 2 is 2.08 bits per heavy atom. The summed E-state index contributed by atoms with van der Waals surface area (Å²) in [5.74, 6) is 0.194. The largest absolute Gasteiger partial charge is 0.377 e. The van der Waals surface area contributed by atoms with Crippen LogP contribution in [0.3, 0.4) is 0 Å². The molecule has 2 saturated heterocycles. The van der Waals surface area contributed by atoms with Gasteiger partial charge in [0.2, 0.25) is 5.91 Å². The maximum Gasteiger partial charge on any atom is 0.236 e. The van der Waals surface area contributed by atoms with Gasteiger partial charge in [0.1, 0.15) is 0 Å². The van der Waals surface area contributed by atoms with Gasteiger partial charge in [0.05, 0.1) is 24.3 Å². The average molecular weight is 327 g/mol. The van der Waals surface area contributed by atoms with E-state index in [-0.39, 0.29) is 12.0 Å². The van der Waals surface area contributed by atoms with E-state index in [4.69, 9.17) is 4.74 Å². The molecule has 0 saturated carbocycles. The van der Waals surface area contributed by atoms with Crippen molar-refractivity contribution < 1.29 is 9.53 Å². The first-order chi connectivity index (χ1) is 11.8. The Kier molecular flexibility index (Phi) is 5.84. The molecule has 1 atom stereocenters. The summed E-state index contributed by atoms with van der Waals surface area (Å²) < 4.78 is 5.75. The standard InChI is InChI=1S/C19H25N3O2/c20-12-16-6-1-2-7-17(16)13-21(14-18-8-5-11-24-18)15-19(23)22-9-3-4-10-22/h1-2,6-7,18H,3-5,8-11,13-15H2/t18-/m1/s1. The van der Waals surface area contributed by atoms with Gasteiger partial charge in [-0.3, -0.25) is 9.69 Å². The van der Waals surface area contributed by atoms with E-state index >= 15 is 0 Å². The monoisotopic (exact) mass is 327 g/mol. The van der Waals surface area contributed by atoms with Crippen molar-refractivity contribution in [3.63, 3.8) is 0 Å². The zero-order valence-corrected chi connectivity index (χ0v) is 14.1. The molecule has 5 nitrogen and oxygen atoms in total. The molecule has 5 heteroatoms. The van der Waals surface area contributed by atoms with E-state index in [1.54, 1.807) is 0 Å². The Hall–Kier alpha value is -1.90. The predicted molar refractivity (Wildman–Crippen MR) is 91.2 cm³/mol. The number of nitrogens with zero attached hydrogens (tertiary/aromatic N) is 3. The molecule has 1 aromatic carbocycles. The highest BCUT2D eigenvalue weighted by Gasteiger charge is 2.24. The smallest absolute Gasteiger partial charge is 0.236 e. The van der Waals surface area contributed by atoms with Crippen LogP contribution in [-0.4, -0.2) is 54.6 Å². The maximum atomic E-state index is 12.6. The van der Waals surface area contributed by atoms with Crippen LogP contribution in [0.2, 0.25) is 0 Å². The molecule has 3 rings (SSSR count). The molecule has 24 heavy (non-hydrogen) atoms. The lowest BCUT2D eigenvalue weighted by Crippen LogP contribution is -2.41. The van der Waals surface area contributed by atoms with E-state index in [1.807, 2.05) is 29.2 Å². The highest BCUT2D eigenvalue weighted by Crippen LogP contribution is 2.17. The molecule has 0 aromatic heterocycles. The third kappa shape index (κ3) is 4.34. The van der Waals surface area contributed by atoms with Gasteiger partial charge >= 0.3 is 0 Å². The van der Waals surface area contributed by atoms with Crippen molar-refractivity contribution in [2.45, 2.75) is 38.3 Å². The lowest BCUT2D eigenvalue weighted by atomic mass is 10.1. The lowest BCUT2D eigenvalue weighted by molar-refractivity contribution is -0.131. The second-order valence-corrected chi connectivity index (χ2v) is 6.66. The number of rotatable bonds is 6. The molecule has 2 heterocycles. The molecule has 2 aliphatic rings. The second-order valence-electron chi connectivity index (χ2n) is 6.66. The van der Waals surface area contributed by atoms with Crippen LogP contribution in [0.5, 0.6) is 0 Å². The third-order valence-electron chi connectivity index (χ3n) is 4.84. The molecule has 0 bridgehead atoms. The Morgan fingerprint density at radius 3 is 2.79 bits per heavy atom. The highest BCUT2D eigenvalue weighted by atomic mass is 16.5. The van der Waals surface area contributed by atoms with Gasteiger partial charge < -0.3 is 9.64 Å². The van der Waals surface area contributed by atoms with Gasteiger partial charge in [-0.15, -0.1) is 0 Å². The number of carbonyl (C=O) groups is 1. The number of likely N-dealkylation sites (tertiary alicyclic amines) is 1. The van der Waals surface area contributed by atoms with Crippen molar-refractivity contribution in [2.24, 2.45) is 0 Å². The summed E-state index contributed by atoms with van der Waals surface area (Å²) in [6, 6.07) is 9.88. The number of hydrogen-bond acceptors (Lipinski definition) is 4. The molecule has 0 spiro atoms. The Bertz CT molecular complexity index is 599. The van der Waals surface area contributed by atoms with Gasteiger partial charge in [-0.25, -0.2) is 0 Å². The molecule has 128 valence electrons. The van der Waals surface area contributed by atoms with Gasteiger partial charge in [0.15, 0.2) is 0 Å². The number of hydrogen-bond donors (Lipinski definition) is 0. The van der Waals surface area contributed by atoms with Crippen LogP contribution in [0.25, 0.3) is 0 Å². The third-order valence-corrected chi connectivity index (χ3v) is 4.84. The van der Waals surface area contributed by atoms with Crippen LogP contribution in [0.4, 0.5) is 0 Å². The Labute approximate surface area is 143 Å². The predicted octanol–water partition coefficient (Wildman–Crippen LogP) is 2.16. The first kappa shape index (κ1) is 16.9. The van der Waals surface area contributed by atoms with E-state index in [1.165, 1.54) is 0 Å². The van der Waals surface area contributed by atoms with E-state index in [9.17, 15) is 10.1 Å². The summed E-state index contributed by atoms with van der Waals surface area (Å²) in [5.41, 5.74) is 1.66. The molecular formula is C19H25N3O2. The number of ether oxygens (including phenoxy) is 1. The van der Waals surface area contributed by atoms with Crippen molar-refractivity contribution in [2.75, 3.05) is 32.8 Å². The summed E-state index contributed by atoms with van der Waals surface area (Å²) in [6.07, 6.45) is 4.55. The summed E-state index contributed by atoms with van der Waals surface area (Å²) in [7, 11) is 0. The zero-order valence-electron chi connectivity index (χ0n) is 14.1. The van der Waals surface area contributed by atoms with E-state index in [0.29, 0.717) is 18.7 Å². The normalized spacial score (nSPS) is 20.5. The molecule has 2 aliphatic heterocycles. The summed E-state index contributed by atoms with van der Waals surface area (Å²) >= 11 is 0. The van der Waals surface area contributed by atoms with Gasteiger partial charge in [-0.2, -0.15) is 5.26 Å². The Morgan fingerprint density at radius 1 is 1.29 bits per heavy atom. The summed E-state index contributed by atoms with van der Waals surface area (Å²) in [6.45, 7) is 4.33. The zero-order chi connectivity index (χ0) is 16.8. The van der Waals surface area contributed by atoms with Crippen LogP contribution in [0.1, 0.15) is 36.8 Å². The van der Waals surface area contributed by atoms with E-state index < -0.39 is 0 Å². The maximum absolute atomic E-state index is 12.6. The fraction of sp³-hybridized carbons (Fsp3) is 0.579. The Balaban J connectivity index is 1.68. The van der Waals surface area contributed by atoms with Gasteiger partial charge in [-0.05, 0) is 37.3 Å². The second kappa shape index (κ2) is 8.27. The van der Waals surface area contributed by atoms with Crippen molar-refractivity contribution in [1.29, 1.82) is 5.26 Å². The van der Waals surface area contributed by atoms with E-state index in [0.717, 1.165) is 57.5 Å². The SMILES string of the molecule is N#Cc1ccccc1CN(CC(=O)N1CCCC1)C[C@H]1CCCO1. The average Bonchev–Trinajstić information content (AvgIpc) is 3.29. The van der Waals surface area contributed by atoms with Crippen LogP contribution < -0.4 is 0 Å². The first-order valence-corrected chi connectivity index (χ1v) is 8.86. The minimum Gasteiger partial charge on any atom is -0.377 e. The van der Waals surface area contributed by atoms with Crippen molar-refractivity contribution >= 4 is 5.91 Å². The highest BCUT2D eigenvalue weighted by molar-refractivity contribution is 5.78. The molecular weight excluding hydrogens is 302 g/mol. The fourth-order valence-corrected chi connectivity index (χ4v) is 3.53. The first-order valence-electron chi connectivity index (χ1n) is 8.86. The molecule has 2 fully saturated rings.